The van der Waals surface area contributed by atoms with Crippen LogP contribution >= 0.6 is 0 Å². The van der Waals surface area contributed by atoms with Gasteiger partial charge in [-0.05, 0) is 55.8 Å². The number of aryl methyl sites for hydroxylation is 1. The molecule has 0 bridgehead atoms. The number of phenols is 1. The number of hydrogen-bond donors (Lipinski definition) is 2. The summed E-state index contributed by atoms with van der Waals surface area (Å²) in [6.45, 7) is 3.57. The molecule has 0 saturated heterocycles. The van der Waals surface area contributed by atoms with E-state index in [9.17, 15) is 13.5 Å². The number of nitrogens with zero attached hydrogens (tertiary/aromatic N) is 1. The molecule has 0 saturated carbocycles. The highest BCUT2D eigenvalue weighted by Crippen LogP contribution is 2.12. The van der Waals surface area contributed by atoms with Crippen LogP contribution in [0.4, 0.5) is 0 Å². The average Bonchev–Trinajstić information content (AvgIpc) is 2.46. The number of hydrazone groups is 1. The molecule has 21 heavy (non-hydrogen) atoms. The van der Waals surface area contributed by atoms with Gasteiger partial charge in [0, 0.05) is 0 Å². The van der Waals surface area contributed by atoms with Gasteiger partial charge in [-0.15, -0.1) is 0 Å². The van der Waals surface area contributed by atoms with E-state index in [0.29, 0.717) is 5.71 Å². The Labute approximate surface area is 124 Å². The normalized spacial score (nSPS) is 12.2. The minimum atomic E-state index is -3.68. The van der Waals surface area contributed by atoms with E-state index in [1.54, 1.807) is 31.2 Å². The van der Waals surface area contributed by atoms with Gasteiger partial charge in [0.05, 0.1) is 10.6 Å². The largest absolute Gasteiger partial charge is 0.508 e. The molecule has 0 unspecified atom stereocenters. The van der Waals surface area contributed by atoms with Crippen LogP contribution in [0.5, 0.6) is 5.75 Å². The Morgan fingerprint density at radius 3 is 2.19 bits per heavy atom. The van der Waals surface area contributed by atoms with E-state index in [1.807, 2.05) is 6.92 Å². The van der Waals surface area contributed by atoms with Crippen molar-refractivity contribution in [1.82, 2.24) is 4.83 Å². The minimum absolute atomic E-state index is 0.145. The molecular formula is C15H16N2O3S. The van der Waals surface area contributed by atoms with Gasteiger partial charge in [0.25, 0.3) is 10.0 Å². The summed E-state index contributed by atoms with van der Waals surface area (Å²) in [5.41, 5.74) is 2.21. The zero-order chi connectivity index (χ0) is 15.5. The second-order valence-electron chi connectivity index (χ2n) is 4.65. The zero-order valence-electron chi connectivity index (χ0n) is 11.7. The molecule has 0 radical (unpaired) electrons. The SMILES string of the molecule is CC(=NNS(=O)(=O)c1ccc(C)cc1)c1ccc(O)cc1. The fourth-order valence-corrected chi connectivity index (χ4v) is 2.52. The van der Waals surface area contributed by atoms with Gasteiger partial charge in [-0.25, -0.2) is 0 Å². The molecule has 0 amide bonds. The zero-order valence-corrected chi connectivity index (χ0v) is 12.6. The molecule has 110 valence electrons. The van der Waals surface area contributed by atoms with Crippen molar-refractivity contribution in [2.75, 3.05) is 0 Å². The Kier molecular flexibility index (Phi) is 4.28. The summed E-state index contributed by atoms with van der Waals surface area (Å²) < 4.78 is 24.2. The summed E-state index contributed by atoms with van der Waals surface area (Å²) >= 11 is 0. The third-order valence-corrected chi connectivity index (χ3v) is 4.17. The maximum Gasteiger partial charge on any atom is 0.276 e. The average molecular weight is 304 g/mol. The second-order valence-corrected chi connectivity index (χ2v) is 6.31. The molecule has 5 nitrogen and oxygen atoms in total. The Morgan fingerprint density at radius 2 is 1.62 bits per heavy atom. The smallest absolute Gasteiger partial charge is 0.276 e. The fraction of sp³-hybridized carbons (Fsp3) is 0.133. The second kappa shape index (κ2) is 5.97. The maximum atomic E-state index is 12.1. The Bertz CT molecular complexity index is 749. The van der Waals surface area contributed by atoms with Gasteiger partial charge in [0.1, 0.15) is 5.75 Å². The molecule has 0 aromatic heterocycles. The first-order valence-electron chi connectivity index (χ1n) is 6.31. The van der Waals surface area contributed by atoms with E-state index < -0.39 is 10.0 Å². The van der Waals surface area contributed by atoms with Crippen LogP contribution in [0.1, 0.15) is 18.1 Å². The van der Waals surface area contributed by atoms with Crippen molar-refractivity contribution in [3.63, 3.8) is 0 Å². The van der Waals surface area contributed by atoms with Crippen LogP contribution in [0.15, 0.2) is 58.5 Å². The third kappa shape index (κ3) is 3.82. The van der Waals surface area contributed by atoms with Gasteiger partial charge >= 0.3 is 0 Å². The molecule has 2 N–H and O–H groups in total. The summed E-state index contributed by atoms with van der Waals surface area (Å²) in [4.78, 5) is 2.37. The molecule has 0 aliphatic carbocycles. The van der Waals surface area contributed by atoms with Crippen LogP contribution in [0.25, 0.3) is 0 Å². The van der Waals surface area contributed by atoms with Crippen molar-refractivity contribution in [2.45, 2.75) is 18.7 Å². The predicted octanol–water partition coefficient (Wildman–Crippen LogP) is 2.40. The van der Waals surface area contributed by atoms with Crippen LogP contribution in [-0.2, 0) is 10.0 Å². The summed E-state index contributed by atoms with van der Waals surface area (Å²) in [7, 11) is -3.68. The Balaban J connectivity index is 2.18. The Hall–Kier alpha value is -2.34. The summed E-state index contributed by atoms with van der Waals surface area (Å²) in [6, 6.07) is 12.9. The number of hydrogen-bond acceptors (Lipinski definition) is 4. The fourth-order valence-electron chi connectivity index (χ4n) is 1.67. The lowest BCUT2D eigenvalue weighted by Gasteiger charge is -2.06. The Morgan fingerprint density at radius 1 is 1.05 bits per heavy atom. The highest BCUT2D eigenvalue weighted by molar-refractivity contribution is 7.89. The number of benzene rings is 2. The molecule has 0 spiro atoms. The van der Waals surface area contributed by atoms with Crippen LogP contribution in [0.2, 0.25) is 0 Å². The first kappa shape index (κ1) is 15.1. The molecule has 0 atom stereocenters. The molecule has 2 aromatic rings. The monoisotopic (exact) mass is 304 g/mol. The molecule has 0 aliphatic rings. The molecule has 2 rings (SSSR count). The van der Waals surface area contributed by atoms with Crippen molar-refractivity contribution in [2.24, 2.45) is 5.10 Å². The number of aromatic hydroxyl groups is 1. The number of sulfonamides is 1. The van der Waals surface area contributed by atoms with Crippen molar-refractivity contribution in [3.8, 4) is 5.75 Å². The van der Waals surface area contributed by atoms with Gasteiger partial charge in [0.15, 0.2) is 0 Å². The molecule has 0 fully saturated rings. The van der Waals surface area contributed by atoms with Crippen LogP contribution in [0.3, 0.4) is 0 Å². The third-order valence-electron chi connectivity index (χ3n) is 2.95. The number of nitrogens with one attached hydrogen (secondary N) is 1. The molecular weight excluding hydrogens is 288 g/mol. The van der Waals surface area contributed by atoms with Crippen molar-refractivity contribution < 1.29 is 13.5 Å². The topological polar surface area (TPSA) is 78.8 Å². The van der Waals surface area contributed by atoms with Gasteiger partial charge < -0.3 is 5.11 Å². The standard InChI is InChI=1S/C15H16N2O3S/c1-11-3-9-15(10-4-11)21(19,20)17-16-12(2)13-5-7-14(18)8-6-13/h3-10,17-18H,1-2H3. The lowest BCUT2D eigenvalue weighted by Crippen LogP contribution is -2.19. The first-order valence-corrected chi connectivity index (χ1v) is 7.79. The van der Waals surface area contributed by atoms with Crippen molar-refractivity contribution in [3.05, 3.63) is 59.7 Å². The molecule has 6 heteroatoms. The quantitative estimate of drug-likeness (QED) is 0.672. The highest BCUT2D eigenvalue weighted by Gasteiger charge is 2.12. The molecule has 0 aliphatic heterocycles. The van der Waals surface area contributed by atoms with Crippen molar-refractivity contribution >= 4 is 15.7 Å². The van der Waals surface area contributed by atoms with E-state index in [2.05, 4.69) is 9.93 Å². The van der Waals surface area contributed by atoms with Gasteiger partial charge in [-0.1, -0.05) is 17.7 Å². The predicted molar refractivity (Wildman–Crippen MR) is 81.8 cm³/mol. The molecule has 0 heterocycles. The van der Waals surface area contributed by atoms with E-state index in [1.165, 1.54) is 24.3 Å². The van der Waals surface area contributed by atoms with Crippen LogP contribution in [0, 0.1) is 6.92 Å². The van der Waals surface area contributed by atoms with Crippen LogP contribution < -0.4 is 4.83 Å². The van der Waals surface area contributed by atoms with Gasteiger partial charge in [-0.2, -0.15) is 18.4 Å². The lowest BCUT2D eigenvalue weighted by molar-refractivity contribution is 0.475. The summed E-state index contributed by atoms with van der Waals surface area (Å²) in [6.07, 6.45) is 0. The summed E-state index contributed by atoms with van der Waals surface area (Å²) in [5.74, 6) is 0.145. The first-order chi connectivity index (χ1) is 9.88. The van der Waals surface area contributed by atoms with Crippen molar-refractivity contribution in [1.29, 1.82) is 0 Å². The van der Waals surface area contributed by atoms with E-state index >= 15 is 0 Å². The van der Waals surface area contributed by atoms with Crippen LogP contribution in [-0.4, -0.2) is 19.2 Å². The minimum Gasteiger partial charge on any atom is -0.508 e. The highest BCUT2D eigenvalue weighted by atomic mass is 32.2. The summed E-state index contributed by atoms with van der Waals surface area (Å²) in [5, 5.41) is 13.1. The number of rotatable bonds is 4. The van der Waals surface area contributed by atoms with E-state index in [4.69, 9.17) is 0 Å². The molecule has 2 aromatic carbocycles. The van der Waals surface area contributed by atoms with Gasteiger partial charge in [0.2, 0.25) is 0 Å². The number of phenolic OH excluding ortho intramolecular Hbond substituents is 1. The maximum absolute atomic E-state index is 12.1. The van der Waals surface area contributed by atoms with E-state index in [-0.39, 0.29) is 10.6 Å². The lowest BCUT2D eigenvalue weighted by atomic mass is 10.1. The van der Waals surface area contributed by atoms with E-state index in [0.717, 1.165) is 11.1 Å². The van der Waals surface area contributed by atoms with Gasteiger partial charge in [-0.3, -0.25) is 0 Å².